The molecule has 0 radical (unpaired) electrons. The number of rotatable bonds is 6. The molecule has 0 rings (SSSR count). The molecule has 0 aromatic carbocycles. The van der Waals surface area contributed by atoms with E-state index in [4.69, 9.17) is 5.11 Å². The molecular formula is C15H18O2. The molecule has 2 atom stereocenters. The number of hydrogen-bond donors (Lipinski definition) is 2. The summed E-state index contributed by atoms with van der Waals surface area (Å²) in [4.78, 5) is 0. The zero-order valence-electron chi connectivity index (χ0n) is 9.89. The highest BCUT2D eigenvalue weighted by molar-refractivity contribution is 5.31. The Kier molecular flexibility index (Phi) is 9.67. The van der Waals surface area contributed by atoms with E-state index in [1.165, 1.54) is 6.08 Å². The van der Waals surface area contributed by atoms with Gasteiger partial charge in [-0.25, -0.2) is 0 Å². The van der Waals surface area contributed by atoms with Gasteiger partial charge in [0.25, 0.3) is 0 Å². The predicted molar refractivity (Wildman–Crippen MR) is 71.0 cm³/mol. The Morgan fingerprint density at radius 1 is 1.00 bits per heavy atom. The van der Waals surface area contributed by atoms with Crippen molar-refractivity contribution >= 4 is 0 Å². The lowest BCUT2D eigenvalue weighted by Gasteiger charge is -1.93. The van der Waals surface area contributed by atoms with E-state index >= 15 is 0 Å². The summed E-state index contributed by atoms with van der Waals surface area (Å²) in [6.45, 7) is 7.00. The van der Waals surface area contributed by atoms with Crippen LogP contribution in [-0.4, -0.2) is 22.4 Å². The van der Waals surface area contributed by atoms with Crippen LogP contribution in [0.2, 0.25) is 0 Å². The van der Waals surface area contributed by atoms with Crippen LogP contribution in [0.5, 0.6) is 0 Å². The number of aliphatic hydroxyl groups excluding tert-OH is 2. The first-order valence-corrected chi connectivity index (χ1v) is 5.48. The molecule has 0 bridgehead atoms. The standard InChI is InChI=1S/C15H18O2/c1-3-5-6-7-8-12-15(17)13-10-9-11-14(16)4-2/h3-4,8,12,14-17H,1-2,5-7H2/t14-,15-/m0/s1. The minimum absolute atomic E-state index is 0.811. The van der Waals surface area contributed by atoms with Crippen LogP contribution in [0.3, 0.4) is 0 Å². The van der Waals surface area contributed by atoms with Crippen LogP contribution in [0.15, 0.2) is 37.5 Å². The Labute approximate surface area is 103 Å². The van der Waals surface area contributed by atoms with Crippen LogP contribution in [0, 0.1) is 23.7 Å². The normalized spacial score (nSPS) is 12.8. The van der Waals surface area contributed by atoms with Gasteiger partial charge in [-0.1, -0.05) is 36.6 Å². The molecule has 0 aliphatic heterocycles. The molecule has 2 nitrogen and oxygen atoms in total. The SMILES string of the molecule is C=CCCCC=C[C@H](O)C#CC#C[C@@H](O)C=C. The highest BCUT2D eigenvalue weighted by Gasteiger charge is 1.89. The van der Waals surface area contributed by atoms with Crippen LogP contribution in [0.25, 0.3) is 0 Å². The molecule has 0 saturated carbocycles. The third-order valence-electron chi connectivity index (χ3n) is 1.82. The summed E-state index contributed by atoms with van der Waals surface area (Å²) >= 11 is 0. The summed E-state index contributed by atoms with van der Waals surface area (Å²) in [5.74, 6) is 9.88. The maximum Gasteiger partial charge on any atom is 0.134 e. The lowest BCUT2D eigenvalue weighted by Crippen LogP contribution is -1.97. The van der Waals surface area contributed by atoms with Gasteiger partial charge in [0.2, 0.25) is 0 Å². The van der Waals surface area contributed by atoms with Crippen molar-refractivity contribution in [2.45, 2.75) is 31.5 Å². The number of allylic oxidation sites excluding steroid dienone is 2. The van der Waals surface area contributed by atoms with E-state index in [-0.39, 0.29) is 0 Å². The maximum absolute atomic E-state index is 9.40. The van der Waals surface area contributed by atoms with Crippen molar-refractivity contribution < 1.29 is 10.2 Å². The van der Waals surface area contributed by atoms with Gasteiger partial charge in [0.1, 0.15) is 12.2 Å². The Hall–Kier alpha value is -1.74. The molecule has 0 saturated heterocycles. The minimum Gasteiger partial charge on any atom is -0.377 e. The van der Waals surface area contributed by atoms with E-state index in [0.29, 0.717) is 0 Å². The Morgan fingerprint density at radius 3 is 2.24 bits per heavy atom. The zero-order valence-corrected chi connectivity index (χ0v) is 9.89. The molecule has 2 heteroatoms. The van der Waals surface area contributed by atoms with Crippen molar-refractivity contribution in [3.05, 3.63) is 37.5 Å². The fourth-order valence-electron chi connectivity index (χ4n) is 0.932. The largest absolute Gasteiger partial charge is 0.377 e. The zero-order chi connectivity index (χ0) is 12.9. The van der Waals surface area contributed by atoms with Crippen LogP contribution in [-0.2, 0) is 0 Å². The molecule has 0 unspecified atom stereocenters. The maximum atomic E-state index is 9.40. The van der Waals surface area contributed by atoms with Gasteiger partial charge in [0.05, 0.1) is 0 Å². The second kappa shape index (κ2) is 10.8. The molecule has 0 aliphatic rings. The summed E-state index contributed by atoms with van der Waals surface area (Å²) in [5.41, 5.74) is 0. The smallest absolute Gasteiger partial charge is 0.134 e. The van der Waals surface area contributed by atoms with Crippen molar-refractivity contribution in [2.24, 2.45) is 0 Å². The van der Waals surface area contributed by atoms with Crippen molar-refractivity contribution in [3.8, 4) is 23.7 Å². The molecule has 2 N–H and O–H groups in total. The summed E-state index contributed by atoms with van der Waals surface area (Å²) in [5, 5.41) is 18.4. The Bertz CT molecular complexity index is 371. The van der Waals surface area contributed by atoms with Gasteiger partial charge < -0.3 is 10.2 Å². The van der Waals surface area contributed by atoms with E-state index < -0.39 is 12.2 Å². The van der Waals surface area contributed by atoms with Crippen LogP contribution >= 0.6 is 0 Å². The van der Waals surface area contributed by atoms with Gasteiger partial charge in [-0.2, -0.15) is 0 Å². The number of aliphatic hydroxyl groups is 2. The molecular weight excluding hydrogens is 212 g/mol. The molecule has 0 aromatic rings. The second-order valence-corrected chi connectivity index (χ2v) is 3.31. The van der Waals surface area contributed by atoms with Gasteiger partial charge in [0, 0.05) is 0 Å². The highest BCUT2D eigenvalue weighted by atomic mass is 16.3. The predicted octanol–water partition coefficient (Wildman–Crippen LogP) is 1.81. The van der Waals surface area contributed by atoms with Crippen molar-refractivity contribution in [1.82, 2.24) is 0 Å². The van der Waals surface area contributed by atoms with E-state index in [9.17, 15) is 5.11 Å². The van der Waals surface area contributed by atoms with E-state index in [1.54, 1.807) is 6.08 Å². The van der Waals surface area contributed by atoms with E-state index in [1.807, 2.05) is 12.2 Å². The van der Waals surface area contributed by atoms with Crippen molar-refractivity contribution in [3.63, 3.8) is 0 Å². The fourth-order valence-corrected chi connectivity index (χ4v) is 0.932. The molecule has 0 spiro atoms. The van der Waals surface area contributed by atoms with Gasteiger partial charge in [-0.15, -0.1) is 6.58 Å². The second-order valence-electron chi connectivity index (χ2n) is 3.31. The van der Waals surface area contributed by atoms with E-state index in [0.717, 1.165) is 19.3 Å². The monoisotopic (exact) mass is 230 g/mol. The molecule has 0 aliphatic carbocycles. The average Bonchev–Trinajstić information content (AvgIpc) is 2.34. The molecule has 0 fully saturated rings. The first-order valence-electron chi connectivity index (χ1n) is 5.48. The Balaban J connectivity index is 3.95. The van der Waals surface area contributed by atoms with Gasteiger partial charge in [-0.05, 0) is 37.2 Å². The Morgan fingerprint density at radius 2 is 1.65 bits per heavy atom. The van der Waals surface area contributed by atoms with Gasteiger partial charge in [-0.3, -0.25) is 0 Å². The topological polar surface area (TPSA) is 40.5 Å². The van der Waals surface area contributed by atoms with Crippen molar-refractivity contribution in [1.29, 1.82) is 0 Å². The highest BCUT2D eigenvalue weighted by Crippen LogP contribution is 1.97. The lowest BCUT2D eigenvalue weighted by atomic mass is 10.2. The number of hydrogen-bond acceptors (Lipinski definition) is 2. The summed E-state index contributed by atoms with van der Waals surface area (Å²) in [6.07, 6.45) is 7.89. The first-order chi connectivity index (χ1) is 8.20. The molecule has 0 heterocycles. The van der Waals surface area contributed by atoms with Gasteiger partial charge in [0.15, 0.2) is 0 Å². The molecule has 90 valence electrons. The van der Waals surface area contributed by atoms with Crippen LogP contribution in [0.4, 0.5) is 0 Å². The fraction of sp³-hybridized carbons (Fsp3) is 0.333. The first kappa shape index (κ1) is 15.3. The summed E-state index contributed by atoms with van der Waals surface area (Å²) < 4.78 is 0. The summed E-state index contributed by atoms with van der Waals surface area (Å²) in [6, 6.07) is 0. The van der Waals surface area contributed by atoms with Gasteiger partial charge >= 0.3 is 0 Å². The lowest BCUT2D eigenvalue weighted by molar-refractivity contribution is 0.280. The summed E-state index contributed by atoms with van der Waals surface area (Å²) in [7, 11) is 0. The van der Waals surface area contributed by atoms with Crippen molar-refractivity contribution in [2.75, 3.05) is 0 Å². The average molecular weight is 230 g/mol. The molecule has 17 heavy (non-hydrogen) atoms. The number of unbranched alkanes of at least 4 members (excludes halogenated alkanes) is 2. The third-order valence-corrected chi connectivity index (χ3v) is 1.82. The van der Waals surface area contributed by atoms with E-state index in [2.05, 4.69) is 36.8 Å². The minimum atomic E-state index is -0.865. The molecule has 0 amide bonds. The quantitative estimate of drug-likeness (QED) is 0.415. The molecule has 0 aromatic heterocycles. The van der Waals surface area contributed by atoms with Crippen LogP contribution in [0.1, 0.15) is 19.3 Å². The third kappa shape index (κ3) is 10.5. The van der Waals surface area contributed by atoms with Crippen LogP contribution < -0.4 is 0 Å².